The van der Waals surface area contributed by atoms with Crippen molar-refractivity contribution in [2.75, 3.05) is 5.32 Å². The molecule has 0 aliphatic carbocycles. The number of nitrogens with zero attached hydrogens (tertiary/aromatic N) is 3. The summed E-state index contributed by atoms with van der Waals surface area (Å²) in [5, 5.41) is 2.77. The Balaban J connectivity index is 2.08. The second kappa shape index (κ2) is 6.68. The van der Waals surface area contributed by atoms with Gasteiger partial charge in [-0.25, -0.2) is 20.8 Å². The van der Waals surface area contributed by atoms with Gasteiger partial charge < -0.3 is 5.32 Å². The Morgan fingerprint density at radius 1 is 1.14 bits per heavy atom. The van der Waals surface area contributed by atoms with Crippen molar-refractivity contribution in [3.63, 3.8) is 0 Å². The zero-order valence-corrected chi connectivity index (χ0v) is 11.1. The first kappa shape index (κ1) is 15.4. The highest BCUT2D eigenvalue weighted by Gasteiger charge is 2.26. The third kappa shape index (κ3) is 3.58. The maximum atomic E-state index is 12.2. The summed E-state index contributed by atoms with van der Waals surface area (Å²) in [5.74, 6) is 2.65. The standard InChI is InChI=1S/C13H11F2N5O2/c14-10(15)12(22)20(16)11(21)8-2-4-9(5-3-8)19-13-17-6-1-7-18-13/h1-7,10H,16H2,(H,17,18,19). The number of alkyl halides is 2. The number of anilines is 2. The van der Waals surface area contributed by atoms with Gasteiger partial charge in [0, 0.05) is 23.6 Å². The molecule has 1 aromatic heterocycles. The van der Waals surface area contributed by atoms with E-state index in [-0.39, 0.29) is 10.6 Å². The largest absolute Gasteiger partial charge is 0.324 e. The van der Waals surface area contributed by atoms with Gasteiger partial charge in [0.15, 0.2) is 0 Å². The Morgan fingerprint density at radius 3 is 2.27 bits per heavy atom. The summed E-state index contributed by atoms with van der Waals surface area (Å²) in [7, 11) is 0. The van der Waals surface area contributed by atoms with Gasteiger partial charge in [-0.1, -0.05) is 0 Å². The number of benzene rings is 1. The van der Waals surface area contributed by atoms with Gasteiger partial charge in [-0.05, 0) is 30.3 Å². The number of hydrogen-bond acceptors (Lipinski definition) is 6. The van der Waals surface area contributed by atoms with Crippen LogP contribution in [0.5, 0.6) is 0 Å². The Labute approximate surface area is 123 Å². The summed E-state index contributed by atoms with van der Waals surface area (Å²) in [6.07, 6.45) is -0.240. The number of hydrazine groups is 1. The first-order valence-corrected chi connectivity index (χ1v) is 6.04. The third-order valence-corrected chi connectivity index (χ3v) is 2.60. The van der Waals surface area contributed by atoms with Crippen LogP contribution in [0, 0.1) is 0 Å². The molecule has 2 aromatic rings. The molecule has 0 atom stereocenters. The average molecular weight is 307 g/mol. The zero-order valence-electron chi connectivity index (χ0n) is 11.1. The molecule has 1 aromatic carbocycles. The molecule has 9 heteroatoms. The van der Waals surface area contributed by atoms with Crippen LogP contribution in [0.4, 0.5) is 20.4 Å². The van der Waals surface area contributed by atoms with Gasteiger partial charge in [0.1, 0.15) is 0 Å². The molecule has 0 fully saturated rings. The normalized spacial score (nSPS) is 10.4. The molecule has 0 aliphatic heterocycles. The highest BCUT2D eigenvalue weighted by atomic mass is 19.3. The summed E-state index contributed by atoms with van der Waals surface area (Å²) in [6, 6.07) is 7.34. The first-order chi connectivity index (χ1) is 10.5. The minimum Gasteiger partial charge on any atom is -0.324 e. The summed E-state index contributed by atoms with van der Waals surface area (Å²) in [4.78, 5) is 30.6. The van der Waals surface area contributed by atoms with E-state index in [0.717, 1.165) is 0 Å². The van der Waals surface area contributed by atoms with Crippen LogP contribution in [0.3, 0.4) is 0 Å². The van der Waals surface area contributed by atoms with Crippen LogP contribution in [0.2, 0.25) is 0 Å². The molecule has 0 unspecified atom stereocenters. The van der Waals surface area contributed by atoms with E-state index in [1.54, 1.807) is 18.5 Å². The van der Waals surface area contributed by atoms with Gasteiger partial charge in [0.2, 0.25) is 5.95 Å². The average Bonchev–Trinajstić information content (AvgIpc) is 2.54. The Kier molecular flexibility index (Phi) is 4.69. The van der Waals surface area contributed by atoms with E-state index >= 15 is 0 Å². The molecule has 22 heavy (non-hydrogen) atoms. The van der Waals surface area contributed by atoms with Gasteiger partial charge >= 0.3 is 12.3 Å². The molecule has 114 valence electrons. The lowest BCUT2D eigenvalue weighted by Gasteiger charge is -2.14. The fraction of sp³-hybridized carbons (Fsp3) is 0.0769. The van der Waals surface area contributed by atoms with Crippen molar-refractivity contribution in [2.45, 2.75) is 6.43 Å². The van der Waals surface area contributed by atoms with Crippen molar-refractivity contribution < 1.29 is 18.4 Å². The van der Waals surface area contributed by atoms with Gasteiger partial charge in [-0.3, -0.25) is 9.59 Å². The van der Waals surface area contributed by atoms with E-state index in [2.05, 4.69) is 15.3 Å². The maximum absolute atomic E-state index is 12.2. The predicted molar refractivity (Wildman–Crippen MR) is 73.1 cm³/mol. The van der Waals surface area contributed by atoms with Crippen molar-refractivity contribution >= 4 is 23.5 Å². The van der Waals surface area contributed by atoms with E-state index in [4.69, 9.17) is 5.84 Å². The van der Waals surface area contributed by atoms with Gasteiger partial charge in [0.25, 0.3) is 5.91 Å². The Hall–Kier alpha value is -2.94. The monoisotopic (exact) mass is 307 g/mol. The molecular weight excluding hydrogens is 296 g/mol. The van der Waals surface area contributed by atoms with Crippen LogP contribution < -0.4 is 11.2 Å². The van der Waals surface area contributed by atoms with Crippen LogP contribution in [0.1, 0.15) is 10.4 Å². The maximum Gasteiger partial charge on any atom is 0.317 e. The number of rotatable bonds is 4. The quantitative estimate of drug-likeness (QED) is 0.502. The van der Waals surface area contributed by atoms with E-state index in [1.807, 2.05) is 0 Å². The number of hydrogen-bond donors (Lipinski definition) is 2. The van der Waals surface area contributed by atoms with Crippen LogP contribution in [0.25, 0.3) is 0 Å². The summed E-state index contributed by atoms with van der Waals surface area (Å²) in [5.41, 5.74) is 0.572. The number of imide groups is 1. The zero-order chi connectivity index (χ0) is 16.1. The SMILES string of the molecule is NN(C(=O)c1ccc(Nc2ncccn2)cc1)C(=O)C(F)F. The molecule has 0 saturated heterocycles. The van der Waals surface area contributed by atoms with E-state index < -0.39 is 18.2 Å². The second-order valence-corrected chi connectivity index (χ2v) is 4.09. The lowest BCUT2D eigenvalue weighted by molar-refractivity contribution is -0.140. The van der Waals surface area contributed by atoms with Crippen molar-refractivity contribution in [1.82, 2.24) is 15.0 Å². The molecule has 3 N–H and O–H groups in total. The number of carbonyl (C=O) groups is 2. The number of nitrogens with two attached hydrogens (primary N) is 1. The minimum absolute atomic E-state index is 0.00368. The lowest BCUT2D eigenvalue weighted by atomic mass is 10.2. The van der Waals surface area contributed by atoms with Gasteiger partial charge in [-0.15, -0.1) is 0 Å². The highest BCUT2D eigenvalue weighted by molar-refractivity contribution is 6.05. The van der Waals surface area contributed by atoms with Crippen molar-refractivity contribution in [1.29, 1.82) is 0 Å². The molecule has 0 aliphatic rings. The topological polar surface area (TPSA) is 101 Å². The van der Waals surface area contributed by atoms with Crippen molar-refractivity contribution in [2.24, 2.45) is 5.84 Å². The number of nitrogens with one attached hydrogen (secondary N) is 1. The summed E-state index contributed by atoms with van der Waals surface area (Å²) < 4.78 is 24.4. The van der Waals surface area contributed by atoms with Crippen LogP contribution in [-0.4, -0.2) is 33.2 Å². The number of aromatic nitrogens is 2. The first-order valence-electron chi connectivity index (χ1n) is 6.04. The predicted octanol–water partition coefficient (Wildman–Crippen LogP) is 1.33. The molecule has 0 spiro atoms. The van der Waals surface area contributed by atoms with Crippen molar-refractivity contribution in [3.8, 4) is 0 Å². The molecule has 0 radical (unpaired) electrons. The fourth-order valence-corrected chi connectivity index (χ4v) is 1.53. The minimum atomic E-state index is -3.34. The molecule has 2 rings (SSSR count). The molecule has 2 amide bonds. The van der Waals surface area contributed by atoms with Crippen molar-refractivity contribution in [3.05, 3.63) is 48.3 Å². The highest BCUT2D eigenvalue weighted by Crippen LogP contribution is 2.14. The third-order valence-electron chi connectivity index (χ3n) is 2.60. The molecule has 0 bridgehead atoms. The molecule has 7 nitrogen and oxygen atoms in total. The van der Waals surface area contributed by atoms with Gasteiger partial charge in [0.05, 0.1) is 0 Å². The summed E-state index contributed by atoms with van der Waals surface area (Å²) >= 11 is 0. The molecule has 0 saturated carbocycles. The van der Waals surface area contributed by atoms with E-state index in [9.17, 15) is 18.4 Å². The Bertz CT molecular complexity index is 664. The number of halogens is 2. The van der Waals surface area contributed by atoms with E-state index in [0.29, 0.717) is 11.6 Å². The smallest absolute Gasteiger partial charge is 0.317 e. The summed E-state index contributed by atoms with van der Waals surface area (Å²) in [6.45, 7) is 0. The number of amides is 2. The van der Waals surface area contributed by atoms with Crippen LogP contribution in [0.15, 0.2) is 42.7 Å². The molecule has 1 heterocycles. The van der Waals surface area contributed by atoms with Crippen LogP contribution >= 0.6 is 0 Å². The Morgan fingerprint density at radius 2 is 1.73 bits per heavy atom. The number of carbonyl (C=O) groups excluding carboxylic acids is 2. The van der Waals surface area contributed by atoms with E-state index in [1.165, 1.54) is 24.3 Å². The second-order valence-electron chi connectivity index (χ2n) is 4.09. The fourth-order valence-electron chi connectivity index (χ4n) is 1.53. The lowest BCUT2D eigenvalue weighted by Crippen LogP contribution is -2.45. The molecular formula is C13H11F2N5O2. The van der Waals surface area contributed by atoms with Gasteiger partial charge in [-0.2, -0.15) is 8.78 Å². The van der Waals surface area contributed by atoms with Crippen LogP contribution in [-0.2, 0) is 4.79 Å².